The van der Waals surface area contributed by atoms with Crippen molar-refractivity contribution in [2.75, 3.05) is 62.2 Å². The molecule has 0 saturated carbocycles. The molecule has 5 heterocycles. The van der Waals surface area contributed by atoms with E-state index in [9.17, 15) is 4.79 Å². The molecular formula is C25H25N7O4. The number of benzene rings is 1. The zero-order valence-electron chi connectivity index (χ0n) is 20.0. The minimum Gasteiger partial charge on any atom is -0.495 e. The second-order valence-electron chi connectivity index (χ2n) is 8.53. The van der Waals surface area contributed by atoms with E-state index in [1.54, 1.807) is 31.5 Å². The van der Waals surface area contributed by atoms with Crippen molar-refractivity contribution in [1.82, 2.24) is 19.4 Å². The normalized spacial score (nSPS) is 15.6. The SMILES string of the molecule is COc1cc(Nc2nc(-c3cnc4c(c3)N(C)C(=O)CO4)cn3ccnc23)ccc1N1CCOCC1. The van der Waals surface area contributed by atoms with Gasteiger partial charge in [0.15, 0.2) is 18.1 Å². The van der Waals surface area contributed by atoms with Gasteiger partial charge in [-0.15, -0.1) is 0 Å². The molecule has 184 valence electrons. The molecule has 1 amide bonds. The van der Waals surface area contributed by atoms with Crippen LogP contribution in [0.15, 0.2) is 49.1 Å². The fraction of sp³-hybridized carbons (Fsp3) is 0.280. The Hall–Kier alpha value is -4.38. The van der Waals surface area contributed by atoms with Crippen LogP contribution in [0.4, 0.5) is 22.9 Å². The van der Waals surface area contributed by atoms with Crippen molar-refractivity contribution in [3.8, 4) is 22.9 Å². The standard InChI is InChI=1S/C25H25N7O4/c1-30-20-11-16(13-27-25(20)36-15-22(30)33)18-14-32-6-5-26-24(32)23(29-18)28-17-3-4-19(21(12-17)34-2)31-7-9-35-10-8-31/h3-6,11-14H,7-10,15H2,1-2H3,(H,28,29). The summed E-state index contributed by atoms with van der Waals surface area (Å²) in [5, 5.41) is 3.40. The zero-order valence-corrected chi connectivity index (χ0v) is 20.0. The maximum atomic E-state index is 12.1. The van der Waals surface area contributed by atoms with Crippen molar-refractivity contribution in [3.05, 3.63) is 49.1 Å². The van der Waals surface area contributed by atoms with E-state index in [1.807, 2.05) is 41.1 Å². The summed E-state index contributed by atoms with van der Waals surface area (Å²) in [7, 11) is 3.38. The van der Waals surface area contributed by atoms with Crippen molar-refractivity contribution in [3.63, 3.8) is 0 Å². The van der Waals surface area contributed by atoms with Crippen LogP contribution in [-0.2, 0) is 9.53 Å². The molecule has 11 nitrogen and oxygen atoms in total. The second kappa shape index (κ2) is 9.00. The molecule has 1 saturated heterocycles. The number of likely N-dealkylation sites (N-methyl/N-ethyl adjacent to an activating group) is 1. The van der Waals surface area contributed by atoms with Gasteiger partial charge in [0.1, 0.15) is 11.4 Å². The van der Waals surface area contributed by atoms with Crippen LogP contribution in [0.5, 0.6) is 11.6 Å². The Morgan fingerprint density at radius 1 is 1.11 bits per heavy atom. The van der Waals surface area contributed by atoms with Crippen LogP contribution in [0.1, 0.15) is 0 Å². The van der Waals surface area contributed by atoms with E-state index in [0.717, 1.165) is 35.8 Å². The number of hydrogen-bond acceptors (Lipinski definition) is 9. The van der Waals surface area contributed by atoms with Gasteiger partial charge in [-0.2, -0.15) is 0 Å². The molecule has 0 bridgehead atoms. The number of carbonyl (C=O) groups is 1. The molecule has 6 rings (SSSR count). The first-order valence-electron chi connectivity index (χ1n) is 11.6. The molecule has 4 aromatic rings. The van der Waals surface area contributed by atoms with Gasteiger partial charge >= 0.3 is 0 Å². The van der Waals surface area contributed by atoms with E-state index in [4.69, 9.17) is 19.2 Å². The molecule has 1 fully saturated rings. The molecule has 2 aliphatic rings. The number of hydrogen-bond donors (Lipinski definition) is 1. The number of carbonyl (C=O) groups excluding carboxylic acids is 1. The highest BCUT2D eigenvalue weighted by atomic mass is 16.5. The van der Waals surface area contributed by atoms with Crippen LogP contribution in [0, 0.1) is 0 Å². The zero-order chi connectivity index (χ0) is 24.6. The number of ether oxygens (including phenoxy) is 3. The number of aromatic nitrogens is 4. The van der Waals surface area contributed by atoms with Crippen molar-refractivity contribution in [2.45, 2.75) is 0 Å². The Labute approximate surface area is 207 Å². The van der Waals surface area contributed by atoms with Gasteiger partial charge in [0, 0.05) is 62.2 Å². The van der Waals surface area contributed by atoms with Crippen molar-refractivity contribution in [2.24, 2.45) is 0 Å². The largest absolute Gasteiger partial charge is 0.495 e. The highest BCUT2D eigenvalue weighted by Crippen LogP contribution is 2.35. The summed E-state index contributed by atoms with van der Waals surface area (Å²) < 4.78 is 18.5. The summed E-state index contributed by atoms with van der Waals surface area (Å²) in [5.74, 6) is 1.65. The van der Waals surface area contributed by atoms with E-state index in [2.05, 4.69) is 20.2 Å². The van der Waals surface area contributed by atoms with Crippen LogP contribution < -0.4 is 24.6 Å². The summed E-state index contributed by atoms with van der Waals surface area (Å²) >= 11 is 0. The number of amides is 1. The molecule has 0 unspecified atom stereocenters. The molecular weight excluding hydrogens is 462 g/mol. The Kier molecular flexibility index (Phi) is 5.53. The number of methoxy groups -OCH3 is 1. The fourth-order valence-corrected chi connectivity index (χ4v) is 4.41. The maximum Gasteiger partial charge on any atom is 0.264 e. The van der Waals surface area contributed by atoms with Gasteiger partial charge in [-0.05, 0) is 18.2 Å². The first-order valence-corrected chi connectivity index (χ1v) is 11.6. The number of rotatable bonds is 5. The first kappa shape index (κ1) is 22.1. The van der Waals surface area contributed by atoms with E-state index >= 15 is 0 Å². The molecule has 1 N–H and O–H groups in total. The minimum atomic E-state index is -0.128. The highest BCUT2D eigenvalue weighted by molar-refractivity contribution is 5.97. The summed E-state index contributed by atoms with van der Waals surface area (Å²) in [6.45, 7) is 3.03. The second-order valence-corrected chi connectivity index (χ2v) is 8.53. The lowest BCUT2D eigenvalue weighted by Crippen LogP contribution is -2.36. The van der Waals surface area contributed by atoms with Crippen LogP contribution in [0.3, 0.4) is 0 Å². The van der Waals surface area contributed by atoms with Gasteiger partial charge in [-0.3, -0.25) is 4.79 Å². The summed E-state index contributed by atoms with van der Waals surface area (Å²) in [6.07, 6.45) is 7.15. The van der Waals surface area contributed by atoms with Crippen LogP contribution in [0.2, 0.25) is 0 Å². The number of morpholine rings is 1. The molecule has 3 aromatic heterocycles. The number of anilines is 4. The van der Waals surface area contributed by atoms with E-state index in [1.165, 1.54) is 0 Å². The van der Waals surface area contributed by atoms with Gasteiger partial charge < -0.3 is 33.7 Å². The van der Waals surface area contributed by atoms with Crippen LogP contribution in [-0.4, -0.2) is 72.3 Å². The van der Waals surface area contributed by atoms with Crippen LogP contribution in [0.25, 0.3) is 16.9 Å². The van der Waals surface area contributed by atoms with Gasteiger partial charge in [0.2, 0.25) is 5.88 Å². The predicted molar refractivity (Wildman–Crippen MR) is 134 cm³/mol. The summed E-state index contributed by atoms with van der Waals surface area (Å²) in [5.41, 5.74) is 4.55. The number of fused-ring (bicyclic) bond motifs is 2. The van der Waals surface area contributed by atoms with E-state index in [0.29, 0.717) is 41.9 Å². The van der Waals surface area contributed by atoms with E-state index in [-0.39, 0.29) is 12.5 Å². The van der Waals surface area contributed by atoms with Crippen molar-refractivity contribution < 1.29 is 19.0 Å². The third-order valence-electron chi connectivity index (χ3n) is 6.36. The Balaban J connectivity index is 1.36. The average Bonchev–Trinajstić information content (AvgIpc) is 3.40. The molecule has 2 aliphatic heterocycles. The van der Waals surface area contributed by atoms with Gasteiger partial charge in [0.05, 0.1) is 31.7 Å². The maximum absolute atomic E-state index is 12.1. The third-order valence-corrected chi connectivity index (χ3v) is 6.36. The molecule has 0 atom stereocenters. The lowest BCUT2D eigenvalue weighted by Gasteiger charge is -2.30. The molecule has 0 radical (unpaired) electrons. The fourth-order valence-electron chi connectivity index (χ4n) is 4.41. The van der Waals surface area contributed by atoms with Gasteiger partial charge in [0.25, 0.3) is 5.91 Å². The topological polar surface area (TPSA) is 106 Å². The number of nitrogens with one attached hydrogen (secondary N) is 1. The van der Waals surface area contributed by atoms with Crippen LogP contribution >= 0.6 is 0 Å². The molecule has 11 heteroatoms. The van der Waals surface area contributed by atoms with Crippen molar-refractivity contribution >= 4 is 34.4 Å². The molecule has 1 aromatic carbocycles. The first-order chi connectivity index (χ1) is 17.6. The molecule has 0 spiro atoms. The average molecular weight is 488 g/mol. The minimum absolute atomic E-state index is 0.0169. The smallest absolute Gasteiger partial charge is 0.264 e. The number of nitrogens with zero attached hydrogens (tertiary/aromatic N) is 6. The lowest BCUT2D eigenvalue weighted by molar-refractivity contribution is -0.121. The monoisotopic (exact) mass is 487 g/mol. The molecule has 0 aliphatic carbocycles. The van der Waals surface area contributed by atoms with Gasteiger partial charge in [-0.1, -0.05) is 0 Å². The number of imidazole rings is 1. The van der Waals surface area contributed by atoms with E-state index < -0.39 is 0 Å². The Bertz CT molecular complexity index is 1450. The quantitative estimate of drug-likeness (QED) is 0.455. The Morgan fingerprint density at radius 2 is 1.97 bits per heavy atom. The summed E-state index contributed by atoms with van der Waals surface area (Å²) in [4.78, 5) is 29.6. The van der Waals surface area contributed by atoms with Crippen molar-refractivity contribution in [1.29, 1.82) is 0 Å². The third kappa shape index (κ3) is 3.93. The highest BCUT2D eigenvalue weighted by Gasteiger charge is 2.24. The number of pyridine rings is 1. The summed E-state index contributed by atoms with van der Waals surface area (Å²) in [6, 6.07) is 7.85. The predicted octanol–water partition coefficient (Wildman–Crippen LogP) is 2.74. The molecule has 36 heavy (non-hydrogen) atoms. The van der Waals surface area contributed by atoms with Gasteiger partial charge in [-0.25, -0.2) is 15.0 Å². The lowest BCUT2D eigenvalue weighted by atomic mass is 10.2. The Morgan fingerprint density at radius 3 is 2.81 bits per heavy atom.